The van der Waals surface area contributed by atoms with Crippen molar-refractivity contribution in [3.63, 3.8) is 0 Å². The molecule has 1 heterocycles. The highest BCUT2D eigenvalue weighted by Crippen LogP contribution is 2.33. The molecule has 4 heteroatoms. The zero-order valence-electron chi connectivity index (χ0n) is 7.99. The smallest absolute Gasteiger partial charge is 0.321 e. The molecule has 14 heavy (non-hydrogen) atoms. The molecule has 0 radical (unpaired) electrons. The van der Waals surface area contributed by atoms with Gasteiger partial charge in [0.05, 0.1) is 5.69 Å². The van der Waals surface area contributed by atoms with E-state index in [1.54, 1.807) is 23.7 Å². The van der Waals surface area contributed by atoms with Crippen molar-refractivity contribution < 1.29 is 4.79 Å². The van der Waals surface area contributed by atoms with Crippen LogP contribution in [-0.2, 0) is 0 Å². The molecule has 0 bridgehead atoms. The summed E-state index contributed by atoms with van der Waals surface area (Å²) in [6.07, 6.45) is 0. The van der Waals surface area contributed by atoms with E-state index in [0.29, 0.717) is 0 Å². The van der Waals surface area contributed by atoms with Crippen LogP contribution in [0.25, 0.3) is 0 Å². The molecule has 2 amide bonds. The summed E-state index contributed by atoms with van der Waals surface area (Å²) < 4.78 is 0. The van der Waals surface area contributed by atoms with E-state index in [1.807, 2.05) is 18.2 Å². The maximum absolute atomic E-state index is 11.5. The second-order valence-corrected chi connectivity index (χ2v) is 4.16. The fraction of sp³-hybridized carbons (Fsp3) is 0.300. The van der Waals surface area contributed by atoms with Crippen LogP contribution in [0.4, 0.5) is 10.5 Å². The van der Waals surface area contributed by atoms with Crippen LogP contribution in [0.3, 0.4) is 0 Å². The first kappa shape index (κ1) is 9.40. The fourth-order valence-corrected chi connectivity index (χ4v) is 2.51. The van der Waals surface area contributed by atoms with Crippen molar-refractivity contribution in [1.29, 1.82) is 0 Å². The normalized spacial score (nSPS) is 14.8. The number of hydrogen-bond acceptors (Lipinski definition) is 2. The number of fused-ring (bicyclic) bond motifs is 1. The Morgan fingerprint density at radius 1 is 1.50 bits per heavy atom. The van der Waals surface area contributed by atoms with Crippen molar-refractivity contribution in [2.45, 2.75) is 4.90 Å². The topological polar surface area (TPSA) is 32.3 Å². The number of carbonyl (C=O) groups excluding carboxylic acids is 1. The Labute approximate surface area is 87.5 Å². The van der Waals surface area contributed by atoms with Gasteiger partial charge in [0, 0.05) is 24.2 Å². The van der Waals surface area contributed by atoms with Crippen LogP contribution >= 0.6 is 11.8 Å². The zero-order valence-corrected chi connectivity index (χ0v) is 8.80. The lowest BCUT2D eigenvalue weighted by atomic mass is 10.3. The first-order valence-corrected chi connectivity index (χ1v) is 5.52. The molecule has 1 N–H and O–H groups in total. The predicted octanol–water partition coefficient (Wildman–Crippen LogP) is 1.94. The highest BCUT2D eigenvalue weighted by Gasteiger charge is 2.21. The summed E-state index contributed by atoms with van der Waals surface area (Å²) in [5.41, 5.74) is 1.02. The number of para-hydroxylation sites is 1. The molecule has 0 fully saturated rings. The van der Waals surface area contributed by atoms with E-state index >= 15 is 0 Å². The van der Waals surface area contributed by atoms with E-state index in [9.17, 15) is 4.79 Å². The summed E-state index contributed by atoms with van der Waals surface area (Å²) in [6.45, 7) is 0.779. The van der Waals surface area contributed by atoms with Gasteiger partial charge in [-0.3, -0.25) is 4.90 Å². The third-order valence-electron chi connectivity index (χ3n) is 2.19. The van der Waals surface area contributed by atoms with Crippen LogP contribution in [-0.4, -0.2) is 25.4 Å². The van der Waals surface area contributed by atoms with Gasteiger partial charge in [-0.1, -0.05) is 12.1 Å². The van der Waals surface area contributed by atoms with E-state index in [-0.39, 0.29) is 6.03 Å². The fourth-order valence-electron chi connectivity index (χ4n) is 1.52. The Bertz CT molecular complexity index is 354. The van der Waals surface area contributed by atoms with Gasteiger partial charge in [0.15, 0.2) is 0 Å². The molecule has 0 spiro atoms. The molecule has 3 nitrogen and oxygen atoms in total. The molecule has 1 aliphatic heterocycles. The van der Waals surface area contributed by atoms with E-state index in [0.717, 1.165) is 18.0 Å². The van der Waals surface area contributed by atoms with Gasteiger partial charge in [0.25, 0.3) is 0 Å². The molecule has 1 aromatic rings. The number of thioether (sulfide) groups is 1. The number of rotatable bonds is 0. The van der Waals surface area contributed by atoms with Crippen molar-refractivity contribution in [2.75, 3.05) is 24.2 Å². The van der Waals surface area contributed by atoms with Gasteiger partial charge >= 0.3 is 6.03 Å². The Hall–Kier alpha value is -1.16. The minimum Gasteiger partial charge on any atom is -0.341 e. The highest BCUT2D eigenvalue weighted by molar-refractivity contribution is 7.99. The van der Waals surface area contributed by atoms with Gasteiger partial charge in [0.2, 0.25) is 0 Å². The minimum atomic E-state index is -0.0299. The van der Waals surface area contributed by atoms with Gasteiger partial charge in [0.1, 0.15) is 0 Å². The number of nitrogens with one attached hydrogen (secondary N) is 1. The third kappa shape index (κ3) is 1.57. The first-order chi connectivity index (χ1) is 6.83. The average molecular weight is 208 g/mol. The number of benzene rings is 1. The lowest BCUT2D eigenvalue weighted by molar-refractivity contribution is 0.248. The quantitative estimate of drug-likeness (QED) is 0.706. The lowest BCUT2D eigenvalue weighted by Gasteiger charge is -2.28. The molecule has 0 aromatic heterocycles. The van der Waals surface area contributed by atoms with Crippen molar-refractivity contribution in [1.82, 2.24) is 5.32 Å². The van der Waals surface area contributed by atoms with Crippen molar-refractivity contribution in [3.05, 3.63) is 24.3 Å². The summed E-state index contributed by atoms with van der Waals surface area (Å²) in [4.78, 5) is 14.5. The van der Waals surface area contributed by atoms with Gasteiger partial charge in [-0.15, -0.1) is 11.8 Å². The Kier molecular flexibility index (Phi) is 2.63. The van der Waals surface area contributed by atoms with Crippen molar-refractivity contribution >= 4 is 23.5 Å². The Morgan fingerprint density at radius 3 is 3.07 bits per heavy atom. The largest absolute Gasteiger partial charge is 0.341 e. The molecular formula is C10H12N2OS. The molecule has 0 atom stereocenters. The van der Waals surface area contributed by atoms with Crippen LogP contribution in [0.15, 0.2) is 29.2 Å². The molecule has 0 saturated heterocycles. The van der Waals surface area contributed by atoms with E-state index in [4.69, 9.17) is 0 Å². The molecule has 1 aliphatic rings. The van der Waals surface area contributed by atoms with Crippen LogP contribution in [0.5, 0.6) is 0 Å². The molecule has 74 valence electrons. The predicted molar refractivity (Wildman–Crippen MR) is 59.0 cm³/mol. The summed E-state index contributed by atoms with van der Waals surface area (Å²) >= 11 is 1.80. The Morgan fingerprint density at radius 2 is 2.29 bits per heavy atom. The maximum Gasteiger partial charge on any atom is 0.321 e. The van der Waals surface area contributed by atoms with Crippen LogP contribution in [0.1, 0.15) is 0 Å². The second kappa shape index (κ2) is 3.92. The first-order valence-electron chi connectivity index (χ1n) is 4.54. The van der Waals surface area contributed by atoms with Gasteiger partial charge in [-0.05, 0) is 12.1 Å². The van der Waals surface area contributed by atoms with Crippen LogP contribution < -0.4 is 10.2 Å². The molecule has 0 saturated carbocycles. The maximum atomic E-state index is 11.5. The number of hydrogen-bond donors (Lipinski definition) is 1. The highest BCUT2D eigenvalue weighted by atomic mass is 32.2. The van der Waals surface area contributed by atoms with E-state index in [1.165, 1.54) is 4.90 Å². The van der Waals surface area contributed by atoms with Crippen molar-refractivity contribution in [3.8, 4) is 0 Å². The summed E-state index contributed by atoms with van der Waals surface area (Å²) in [7, 11) is 1.66. The molecule has 1 aromatic carbocycles. The number of nitrogens with zero attached hydrogens (tertiary/aromatic N) is 1. The number of anilines is 1. The van der Waals surface area contributed by atoms with E-state index < -0.39 is 0 Å². The van der Waals surface area contributed by atoms with Crippen molar-refractivity contribution in [2.24, 2.45) is 0 Å². The van der Waals surface area contributed by atoms with Crippen LogP contribution in [0.2, 0.25) is 0 Å². The molecular weight excluding hydrogens is 196 g/mol. The molecule has 0 unspecified atom stereocenters. The monoisotopic (exact) mass is 208 g/mol. The van der Waals surface area contributed by atoms with Gasteiger partial charge < -0.3 is 5.32 Å². The number of urea groups is 1. The summed E-state index contributed by atoms with van der Waals surface area (Å²) in [6, 6.07) is 7.96. The van der Waals surface area contributed by atoms with Gasteiger partial charge in [-0.2, -0.15) is 0 Å². The standard InChI is InChI=1S/C10H12N2OS/c1-11-10(13)12-6-7-14-9-5-3-2-4-8(9)12/h2-5H,6-7H2,1H3,(H,11,13). The molecule has 2 rings (SSSR count). The van der Waals surface area contributed by atoms with E-state index in [2.05, 4.69) is 11.4 Å². The zero-order chi connectivity index (χ0) is 9.97. The number of carbonyl (C=O) groups is 1. The lowest BCUT2D eigenvalue weighted by Crippen LogP contribution is -2.41. The summed E-state index contributed by atoms with van der Waals surface area (Å²) in [5.74, 6) is 0.963. The third-order valence-corrected chi connectivity index (χ3v) is 3.23. The minimum absolute atomic E-state index is 0.0299. The Balaban J connectivity index is 2.35. The molecule has 0 aliphatic carbocycles. The number of amides is 2. The van der Waals surface area contributed by atoms with Crippen LogP contribution in [0, 0.1) is 0 Å². The second-order valence-electron chi connectivity index (χ2n) is 3.02. The van der Waals surface area contributed by atoms with Gasteiger partial charge in [-0.25, -0.2) is 4.79 Å². The average Bonchev–Trinajstić information content (AvgIpc) is 2.27. The summed E-state index contributed by atoms with van der Waals surface area (Å²) in [5, 5.41) is 2.65. The SMILES string of the molecule is CNC(=O)N1CCSc2ccccc21.